The summed E-state index contributed by atoms with van der Waals surface area (Å²) in [6, 6.07) is 11.4. The van der Waals surface area contributed by atoms with Gasteiger partial charge in [0.15, 0.2) is 6.61 Å². The molecule has 0 saturated heterocycles. The minimum absolute atomic E-state index is 0.0641. The standard InChI is InChI=1S/C16H10Cl3N3O3/c17-9-1-4-11(5-2-9)24-8-14(23)20-16-22-21-15(25-16)12-6-3-10(18)7-13(12)19/h1-7H,8H2,(H,20,22,23). The van der Waals surface area contributed by atoms with Crippen LogP contribution in [0.25, 0.3) is 11.5 Å². The van der Waals surface area contributed by atoms with Gasteiger partial charge >= 0.3 is 6.01 Å². The average molecular weight is 399 g/mol. The van der Waals surface area contributed by atoms with Crippen LogP contribution in [0, 0.1) is 0 Å². The summed E-state index contributed by atoms with van der Waals surface area (Å²) in [4.78, 5) is 11.9. The average Bonchev–Trinajstić information content (AvgIpc) is 3.02. The number of carbonyl (C=O) groups is 1. The van der Waals surface area contributed by atoms with Crippen molar-refractivity contribution in [1.29, 1.82) is 0 Å². The number of nitrogens with zero attached hydrogens (tertiary/aromatic N) is 2. The molecule has 0 saturated carbocycles. The number of anilines is 1. The zero-order valence-corrected chi connectivity index (χ0v) is 14.8. The number of ether oxygens (including phenoxy) is 1. The van der Waals surface area contributed by atoms with Gasteiger partial charge in [-0.05, 0) is 42.5 Å². The lowest BCUT2D eigenvalue weighted by Crippen LogP contribution is -2.20. The van der Waals surface area contributed by atoms with Crippen molar-refractivity contribution in [3.8, 4) is 17.2 Å². The Morgan fingerprint density at radius 3 is 2.48 bits per heavy atom. The van der Waals surface area contributed by atoms with Crippen LogP contribution in [0.15, 0.2) is 46.9 Å². The fourth-order valence-corrected chi connectivity index (χ4v) is 2.50. The predicted molar refractivity (Wildman–Crippen MR) is 95.3 cm³/mol. The molecule has 0 fully saturated rings. The predicted octanol–water partition coefficient (Wildman–Crippen LogP) is 4.71. The first-order chi connectivity index (χ1) is 12.0. The van der Waals surface area contributed by atoms with Crippen LogP contribution in [-0.2, 0) is 4.79 Å². The van der Waals surface area contributed by atoms with Crippen LogP contribution in [0.4, 0.5) is 6.01 Å². The van der Waals surface area contributed by atoms with Gasteiger partial charge in [-0.15, -0.1) is 5.10 Å². The Morgan fingerprint density at radius 2 is 1.76 bits per heavy atom. The molecule has 0 aliphatic carbocycles. The highest BCUT2D eigenvalue weighted by atomic mass is 35.5. The highest BCUT2D eigenvalue weighted by Gasteiger charge is 2.14. The summed E-state index contributed by atoms with van der Waals surface area (Å²) < 4.78 is 10.7. The van der Waals surface area contributed by atoms with Crippen LogP contribution in [-0.4, -0.2) is 22.7 Å². The Morgan fingerprint density at radius 1 is 1.04 bits per heavy atom. The van der Waals surface area contributed by atoms with Gasteiger partial charge in [0.2, 0.25) is 0 Å². The van der Waals surface area contributed by atoms with E-state index in [4.69, 9.17) is 44.0 Å². The maximum Gasteiger partial charge on any atom is 0.322 e. The smallest absolute Gasteiger partial charge is 0.322 e. The number of amides is 1. The molecule has 0 spiro atoms. The van der Waals surface area contributed by atoms with Crippen molar-refractivity contribution in [1.82, 2.24) is 10.2 Å². The molecule has 1 amide bonds. The van der Waals surface area contributed by atoms with Crippen LogP contribution in [0.1, 0.15) is 0 Å². The number of halogens is 3. The summed E-state index contributed by atoms with van der Waals surface area (Å²) in [6.45, 7) is -0.221. The Hall–Kier alpha value is -2.28. The highest BCUT2D eigenvalue weighted by molar-refractivity contribution is 6.36. The van der Waals surface area contributed by atoms with Crippen molar-refractivity contribution in [3.63, 3.8) is 0 Å². The number of aromatic nitrogens is 2. The van der Waals surface area contributed by atoms with Crippen molar-refractivity contribution < 1.29 is 13.9 Å². The number of nitrogens with one attached hydrogen (secondary N) is 1. The molecule has 1 heterocycles. The van der Waals surface area contributed by atoms with Gasteiger partial charge in [0, 0.05) is 10.0 Å². The quantitative estimate of drug-likeness (QED) is 0.673. The van der Waals surface area contributed by atoms with Crippen LogP contribution in [0.3, 0.4) is 0 Å². The lowest BCUT2D eigenvalue weighted by molar-refractivity contribution is -0.118. The Kier molecular flexibility index (Phi) is 5.43. The lowest BCUT2D eigenvalue weighted by Gasteiger charge is -2.05. The number of benzene rings is 2. The summed E-state index contributed by atoms with van der Waals surface area (Å²) in [5, 5.41) is 11.5. The molecule has 1 aromatic heterocycles. The third-order valence-electron chi connectivity index (χ3n) is 3.02. The van der Waals surface area contributed by atoms with E-state index in [1.807, 2.05) is 0 Å². The number of carbonyl (C=O) groups excluding carboxylic acids is 1. The maximum absolute atomic E-state index is 11.9. The molecule has 0 aliphatic heterocycles. The Balaban J connectivity index is 1.60. The molecule has 25 heavy (non-hydrogen) atoms. The van der Waals surface area contributed by atoms with Crippen molar-refractivity contribution in [3.05, 3.63) is 57.5 Å². The second-order valence-corrected chi connectivity index (χ2v) is 6.11. The van der Waals surface area contributed by atoms with Crippen molar-refractivity contribution in [2.45, 2.75) is 0 Å². The van der Waals surface area contributed by atoms with E-state index in [1.165, 1.54) is 0 Å². The van der Waals surface area contributed by atoms with Gasteiger partial charge in [0.1, 0.15) is 5.75 Å². The van der Waals surface area contributed by atoms with Gasteiger partial charge in [-0.1, -0.05) is 39.9 Å². The fraction of sp³-hybridized carbons (Fsp3) is 0.0625. The molecule has 0 unspecified atom stereocenters. The monoisotopic (exact) mass is 397 g/mol. The van der Waals surface area contributed by atoms with Crippen molar-refractivity contribution in [2.75, 3.05) is 11.9 Å². The molecule has 6 nitrogen and oxygen atoms in total. The van der Waals surface area contributed by atoms with Gasteiger partial charge in [-0.2, -0.15) is 0 Å². The first-order valence-electron chi connectivity index (χ1n) is 6.98. The maximum atomic E-state index is 11.9. The van der Waals surface area contributed by atoms with Crippen molar-refractivity contribution >= 4 is 46.7 Å². The SMILES string of the molecule is O=C(COc1ccc(Cl)cc1)Nc1nnc(-c2ccc(Cl)cc2Cl)o1. The largest absolute Gasteiger partial charge is 0.484 e. The lowest BCUT2D eigenvalue weighted by atomic mass is 10.2. The zero-order valence-electron chi connectivity index (χ0n) is 12.5. The molecular weight excluding hydrogens is 389 g/mol. The van der Waals surface area contributed by atoms with Crippen LogP contribution in [0.5, 0.6) is 5.75 Å². The topological polar surface area (TPSA) is 77.2 Å². The van der Waals surface area contributed by atoms with Crippen LogP contribution < -0.4 is 10.1 Å². The van der Waals surface area contributed by atoms with Crippen LogP contribution in [0.2, 0.25) is 15.1 Å². The van der Waals surface area contributed by atoms with E-state index in [2.05, 4.69) is 15.5 Å². The Labute approximate surface area is 157 Å². The summed E-state index contributed by atoms with van der Waals surface area (Å²) in [5.41, 5.74) is 0.511. The number of rotatable bonds is 5. The van der Waals surface area contributed by atoms with E-state index in [1.54, 1.807) is 42.5 Å². The number of hydrogen-bond acceptors (Lipinski definition) is 5. The van der Waals surface area contributed by atoms with E-state index < -0.39 is 5.91 Å². The van der Waals surface area contributed by atoms with Gasteiger partial charge in [0.05, 0.1) is 10.6 Å². The second kappa shape index (κ2) is 7.74. The Bertz CT molecular complexity index is 897. The molecule has 9 heteroatoms. The van der Waals surface area contributed by atoms with E-state index in [0.29, 0.717) is 26.4 Å². The summed E-state index contributed by atoms with van der Waals surface area (Å²) in [6.07, 6.45) is 0. The molecule has 3 aromatic rings. The molecule has 128 valence electrons. The molecule has 0 aliphatic rings. The van der Waals surface area contributed by atoms with Crippen LogP contribution >= 0.6 is 34.8 Å². The van der Waals surface area contributed by atoms with E-state index in [9.17, 15) is 4.79 Å². The van der Waals surface area contributed by atoms with Gasteiger partial charge in [-0.3, -0.25) is 10.1 Å². The summed E-state index contributed by atoms with van der Waals surface area (Å²) in [7, 11) is 0. The summed E-state index contributed by atoms with van der Waals surface area (Å²) in [5.74, 6) is 0.224. The summed E-state index contributed by atoms with van der Waals surface area (Å²) >= 11 is 17.7. The molecule has 2 aromatic carbocycles. The molecule has 0 bridgehead atoms. The van der Waals surface area contributed by atoms with E-state index >= 15 is 0 Å². The first-order valence-corrected chi connectivity index (χ1v) is 8.12. The van der Waals surface area contributed by atoms with Crippen molar-refractivity contribution in [2.24, 2.45) is 0 Å². The molecule has 1 N–H and O–H groups in total. The third-order valence-corrected chi connectivity index (χ3v) is 3.82. The van der Waals surface area contributed by atoms with E-state index in [0.717, 1.165) is 0 Å². The molecule has 0 atom stereocenters. The van der Waals surface area contributed by atoms with Gasteiger partial charge in [-0.25, -0.2) is 0 Å². The first kappa shape index (κ1) is 17.5. The van der Waals surface area contributed by atoms with E-state index in [-0.39, 0.29) is 18.5 Å². The second-order valence-electron chi connectivity index (χ2n) is 4.83. The normalized spacial score (nSPS) is 10.5. The fourth-order valence-electron chi connectivity index (χ4n) is 1.88. The number of hydrogen-bond donors (Lipinski definition) is 1. The van der Waals surface area contributed by atoms with Gasteiger partial charge in [0.25, 0.3) is 11.8 Å². The molecule has 3 rings (SSSR count). The molecule has 0 radical (unpaired) electrons. The molecular formula is C16H10Cl3N3O3. The minimum Gasteiger partial charge on any atom is -0.484 e. The highest BCUT2D eigenvalue weighted by Crippen LogP contribution is 2.30. The van der Waals surface area contributed by atoms with Gasteiger partial charge < -0.3 is 9.15 Å². The zero-order chi connectivity index (χ0) is 17.8. The third kappa shape index (κ3) is 4.63. The minimum atomic E-state index is -0.452.